The maximum atomic E-state index is 15.1. The van der Waals surface area contributed by atoms with E-state index in [0.717, 1.165) is 18.7 Å². The Balaban J connectivity index is 1.37. The van der Waals surface area contributed by atoms with Gasteiger partial charge >= 0.3 is 6.18 Å². The molecule has 1 aliphatic carbocycles. The number of methoxy groups -OCH3 is 1. The second-order valence-electron chi connectivity index (χ2n) is 9.78. The number of hydrogen-bond donors (Lipinski definition) is 2. The summed E-state index contributed by atoms with van der Waals surface area (Å²) in [7, 11) is 1.33. The van der Waals surface area contributed by atoms with Gasteiger partial charge in [-0.3, -0.25) is 9.59 Å². The van der Waals surface area contributed by atoms with Crippen molar-refractivity contribution in [2.75, 3.05) is 12.4 Å². The van der Waals surface area contributed by atoms with Gasteiger partial charge in [-0.25, -0.2) is 14.5 Å². The zero-order valence-electron chi connectivity index (χ0n) is 21.6. The van der Waals surface area contributed by atoms with E-state index in [1.54, 1.807) is 12.3 Å². The first-order valence-electron chi connectivity index (χ1n) is 12.6. The standard InChI is InChI=1S/C27H23F4N7O3/c1-41-25-16(10-32)11-33-23(36-25)19-8-15-5-6-38(26(40)18(15)9-20(19)28)13-14-3-2-4-17(7-14)35-21-12-34-37-24(39)22(21)27(29,30)31/h5-6,8-9,11-12,14,17H,2-4,7,13H2,1H3,(H2,35,37,39)/t14-,17+/m1/s1. The van der Waals surface area contributed by atoms with E-state index < -0.39 is 28.7 Å². The van der Waals surface area contributed by atoms with E-state index in [9.17, 15) is 22.8 Å². The molecule has 0 radical (unpaired) electrons. The average Bonchev–Trinajstić information content (AvgIpc) is 2.94. The quantitative estimate of drug-likeness (QED) is 0.329. The smallest absolute Gasteiger partial charge is 0.423 e. The Morgan fingerprint density at radius 1 is 1.24 bits per heavy atom. The summed E-state index contributed by atoms with van der Waals surface area (Å²) in [5, 5.41) is 17.9. The highest BCUT2D eigenvalue weighted by Gasteiger charge is 2.38. The summed E-state index contributed by atoms with van der Waals surface area (Å²) < 4.78 is 62.0. The number of ether oxygens (including phenoxy) is 1. The molecule has 0 aliphatic heterocycles. The highest BCUT2D eigenvalue weighted by atomic mass is 19.4. The molecule has 0 bridgehead atoms. The molecule has 1 aromatic carbocycles. The molecule has 1 fully saturated rings. The average molecular weight is 570 g/mol. The lowest BCUT2D eigenvalue weighted by molar-refractivity contribution is -0.138. The number of nitriles is 1. The Kier molecular flexibility index (Phi) is 7.44. The van der Waals surface area contributed by atoms with Crippen LogP contribution in [-0.2, 0) is 12.7 Å². The topological polar surface area (TPSA) is 139 Å². The van der Waals surface area contributed by atoms with E-state index in [2.05, 4.69) is 20.4 Å². The summed E-state index contributed by atoms with van der Waals surface area (Å²) in [6.45, 7) is 0.284. The molecular weight excluding hydrogens is 546 g/mol. The summed E-state index contributed by atoms with van der Waals surface area (Å²) in [5.74, 6) is -0.788. The lowest BCUT2D eigenvalue weighted by atomic mass is 9.85. The Morgan fingerprint density at radius 3 is 2.78 bits per heavy atom. The highest BCUT2D eigenvalue weighted by molar-refractivity contribution is 5.86. The fourth-order valence-electron chi connectivity index (χ4n) is 5.22. The monoisotopic (exact) mass is 569 g/mol. The van der Waals surface area contributed by atoms with Gasteiger partial charge in [-0.1, -0.05) is 6.42 Å². The van der Waals surface area contributed by atoms with Gasteiger partial charge in [-0.15, -0.1) is 0 Å². The molecule has 2 N–H and O–H groups in total. The number of fused-ring (bicyclic) bond motifs is 1. The summed E-state index contributed by atoms with van der Waals surface area (Å²) in [6.07, 6.45) is 1.41. The molecule has 0 saturated heterocycles. The molecular formula is C27H23F4N7O3. The van der Waals surface area contributed by atoms with E-state index in [0.29, 0.717) is 24.6 Å². The third kappa shape index (κ3) is 5.60. The van der Waals surface area contributed by atoms with Gasteiger partial charge in [0.2, 0.25) is 5.88 Å². The molecule has 4 aromatic rings. The summed E-state index contributed by atoms with van der Waals surface area (Å²) in [4.78, 5) is 33.2. The number of nitrogens with zero attached hydrogens (tertiary/aromatic N) is 5. The van der Waals surface area contributed by atoms with Crippen LogP contribution in [0.4, 0.5) is 23.2 Å². The molecule has 10 nitrogen and oxygen atoms in total. The molecule has 0 amide bonds. The number of aromatic amines is 1. The molecule has 1 aliphatic rings. The number of nitrogens with one attached hydrogen (secondary N) is 2. The number of halogens is 4. The van der Waals surface area contributed by atoms with Crippen molar-refractivity contribution >= 4 is 16.5 Å². The summed E-state index contributed by atoms with van der Waals surface area (Å²) in [6, 6.07) is 5.75. The molecule has 41 heavy (non-hydrogen) atoms. The van der Waals surface area contributed by atoms with Crippen LogP contribution in [0.3, 0.4) is 0 Å². The van der Waals surface area contributed by atoms with Gasteiger partial charge < -0.3 is 14.6 Å². The van der Waals surface area contributed by atoms with E-state index in [1.807, 2.05) is 11.2 Å². The third-order valence-electron chi connectivity index (χ3n) is 7.11. The van der Waals surface area contributed by atoms with Gasteiger partial charge in [0.1, 0.15) is 23.0 Å². The first-order chi connectivity index (χ1) is 19.6. The van der Waals surface area contributed by atoms with Crippen molar-refractivity contribution in [2.45, 2.75) is 44.4 Å². The Labute approximate surface area is 229 Å². The predicted molar refractivity (Wildman–Crippen MR) is 140 cm³/mol. The number of anilines is 1. The fraction of sp³-hybridized carbons (Fsp3) is 0.333. The van der Waals surface area contributed by atoms with Crippen LogP contribution in [-0.4, -0.2) is 37.9 Å². The van der Waals surface area contributed by atoms with Crippen molar-refractivity contribution in [1.82, 2.24) is 24.7 Å². The van der Waals surface area contributed by atoms with Gasteiger partial charge in [0, 0.05) is 18.8 Å². The molecule has 0 unspecified atom stereocenters. The second kappa shape index (κ2) is 11.0. The van der Waals surface area contributed by atoms with Crippen LogP contribution in [0.5, 0.6) is 5.88 Å². The van der Waals surface area contributed by atoms with Gasteiger partial charge in [0.15, 0.2) is 5.82 Å². The van der Waals surface area contributed by atoms with Crippen molar-refractivity contribution in [3.63, 3.8) is 0 Å². The minimum Gasteiger partial charge on any atom is -0.480 e. The Morgan fingerprint density at radius 2 is 2.05 bits per heavy atom. The van der Waals surface area contributed by atoms with Crippen LogP contribution in [0.25, 0.3) is 22.2 Å². The Bertz CT molecular complexity index is 1780. The first kappa shape index (κ1) is 27.8. The minimum atomic E-state index is -4.85. The van der Waals surface area contributed by atoms with Crippen molar-refractivity contribution in [3.05, 3.63) is 74.4 Å². The Hall–Kier alpha value is -4.80. The van der Waals surface area contributed by atoms with Crippen molar-refractivity contribution in [2.24, 2.45) is 5.92 Å². The minimum absolute atomic E-state index is 0.00218. The van der Waals surface area contributed by atoms with Crippen molar-refractivity contribution < 1.29 is 22.3 Å². The van der Waals surface area contributed by atoms with E-state index >= 15 is 4.39 Å². The van der Waals surface area contributed by atoms with Crippen LogP contribution in [0.15, 0.2) is 46.4 Å². The largest absolute Gasteiger partial charge is 0.480 e. The number of benzene rings is 1. The number of H-pyrrole nitrogens is 1. The molecule has 3 heterocycles. The molecule has 0 spiro atoms. The molecule has 1 saturated carbocycles. The van der Waals surface area contributed by atoms with Crippen molar-refractivity contribution in [1.29, 1.82) is 5.26 Å². The zero-order valence-corrected chi connectivity index (χ0v) is 21.6. The molecule has 2 atom stereocenters. The number of rotatable bonds is 6. The normalized spacial score (nSPS) is 17.3. The first-order valence-corrected chi connectivity index (χ1v) is 12.6. The predicted octanol–water partition coefficient (Wildman–Crippen LogP) is 4.25. The van der Waals surface area contributed by atoms with E-state index in [1.165, 1.54) is 23.9 Å². The number of aromatic nitrogens is 5. The maximum absolute atomic E-state index is 15.1. The van der Waals surface area contributed by atoms with Crippen molar-refractivity contribution in [3.8, 4) is 23.3 Å². The number of pyridine rings is 1. The van der Waals surface area contributed by atoms with Gasteiger partial charge in [0.25, 0.3) is 11.1 Å². The molecule has 3 aromatic heterocycles. The molecule has 5 rings (SSSR count). The van der Waals surface area contributed by atoms with Gasteiger partial charge in [0.05, 0.1) is 36.1 Å². The third-order valence-corrected chi connectivity index (χ3v) is 7.11. The zero-order chi connectivity index (χ0) is 29.3. The van der Waals surface area contributed by atoms with Gasteiger partial charge in [-0.05, 0) is 48.8 Å². The SMILES string of the molecule is COc1nc(-c2cc3ccn(C[C@@H]4CCC[C@H](Nc5cn[nH]c(=O)c5C(F)(F)F)C4)c(=O)c3cc2F)ncc1C#N. The van der Waals surface area contributed by atoms with E-state index in [4.69, 9.17) is 10.00 Å². The van der Waals surface area contributed by atoms with Crippen LogP contribution >= 0.6 is 0 Å². The maximum Gasteiger partial charge on any atom is 0.423 e. The summed E-state index contributed by atoms with van der Waals surface area (Å²) in [5.41, 5.74) is -3.32. The second-order valence-corrected chi connectivity index (χ2v) is 9.78. The highest BCUT2D eigenvalue weighted by Crippen LogP contribution is 2.34. The van der Waals surface area contributed by atoms with Gasteiger partial charge in [-0.2, -0.15) is 28.5 Å². The fourth-order valence-corrected chi connectivity index (χ4v) is 5.22. The van der Waals surface area contributed by atoms with Crippen LogP contribution < -0.4 is 21.2 Å². The van der Waals surface area contributed by atoms with Crippen LogP contribution in [0.1, 0.15) is 36.8 Å². The molecule has 14 heteroatoms. The van der Waals surface area contributed by atoms with E-state index in [-0.39, 0.29) is 52.4 Å². The number of hydrogen-bond acceptors (Lipinski definition) is 8. The van der Waals surface area contributed by atoms with Crippen LogP contribution in [0.2, 0.25) is 0 Å². The lowest BCUT2D eigenvalue weighted by Gasteiger charge is -2.31. The summed E-state index contributed by atoms with van der Waals surface area (Å²) >= 11 is 0. The number of alkyl halides is 3. The molecule has 212 valence electrons. The van der Waals surface area contributed by atoms with Crippen LogP contribution in [0, 0.1) is 23.1 Å². The lowest BCUT2D eigenvalue weighted by Crippen LogP contribution is -2.33.